The van der Waals surface area contributed by atoms with E-state index in [0.717, 1.165) is 28.6 Å². The van der Waals surface area contributed by atoms with Gasteiger partial charge in [0.1, 0.15) is 4.88 Å². The number of hydrogen-bond donors (Lipinski definition) is 2. The summed E-state index contributed by atoms with van der Waals surface area (Å²) < 4.78 is 6.80. The number of piperidine rings is 1. The summed E-state index contributed by atoms with van der Waals surface area (Å²) in [7, 11) is 0. The molecule has 0 amide bonds. The van der Waals surface area contributed by atoms with E-state index in [4.69, 9.17) is 4.74 Å². The summed E-state index contributed by atoms with van der Waals surface area (Å²) in [5.74, 6) is -0.870. The van der Waals surface area contributed by atoms with Crippen LogP contribution in [0.2, 0.25) is 0 Å². The summed E-state index contributed by atoms with van der Waals surface area (Å²) in [5, 5.41) is 13.8. The number of nitrogens with one attached hydrogen (secondary N) is 1. The third-order valence-electron chi connectivity index (χ3n) is 3.87. The van der Waals surface area contributed by atoms with Crippen molar-refractivity contribution in [3.05, 3.63) is 34.7 Å². The van der Waals surface area contributed by atoms with Gasteiger partial charge in [-0.1, -0.05) is 24.6 Å². The Kier molecular flexibility index (Phi) is 4.53. The number of rotatable bonds is 5. The normalized spacial score (nSPS) is 19.0. The molecule has 2 N–H and O–H groups in total. The number of ether oxygens (including phenoxy) is 1. The van der Waals surface area contributed by atoms with E-state index in [0.29, 0.717) is 24.1 Å². The molecule has 1 unspecified atom stereocenters. The van der Waals surface area contributed by atoms with Crippen molar-refractivity contribution >= 4 is 27.4 Å². The molecule has 1 aromatic heterocycles. The number of hydrogen-bond acceptors (Lipinski definition) is 4. The fourth-order valence-corrected chi connectivity index (χ4v) is 3.83. The third-order valence-corrected chi connectivity index (χ3v) is 5.07. The minimum atomic E-state index is -0.870. The predicted molar refractivity (Wildman–Crippen MR) is 84.1 cm³/mol. The van der Waals surface area contributed by atoms with Gasteiger partial charge in [0.15, 0.2) is 0 Å². The maximum atomic E-state index is 11.4. The van der Waals surface area contributed by atoms with Crippen molar-refractivity contribution in [2.45, 2.75) is 31.9 Å². The van der Waals surface area contributed by atoms with Crippen LogP contribution in [0.5, 0.6) is 0 Å². The van der Waals surface area contributed by atoms with Crippen LogP contribution in [-0.4, -0.2) is 30.3 Å². The van der Waals surface area contributed by atoms with Gasteiger partial charge in [0.25, 0.3) is 0 Å². The highest BCUT2D eigenvalue weighted by Gasteiger charge is 2.18. The first-order valence-electron chi connectivity index (χ1n) is 7.30. The summed E-state index contributed by atoms with van der Waals surface area (Å²) in [4.78, 5) is 11.8. The molecule has 21 heavy (non-hydrogen) atoms. The van der Waals surface area contributed by atoms with Crippen LogP contribution in [-0.2, 0) is 11.3 Å². The van der Waals surface area contributed by atoms with E-state index in [9.17, 15) is 9.90 Å². The molecule has 5 heteroatoms. The quantitative estimate of drug-likeness (QED) is 0.890. The van der Waals surface area contributed by atoms with Gasteiger partial charge in [-0.15, -0.1) is 11.3 Å². The van der Waals surface area contributed by atoms with E-state index in [-0.39, 0.29) is 0 Å². The Bertz CT molecular complexity index is 631. The Balaban J connectivity index is 1.72. The number of carbonyl (C=O) groups is 1. The lowest BCUT2D eigenvalue weighted by Gasteiger charge is -2.23. The van der Waals surface area contributed by atoms with Gasteiger partial charge in [-0.2, -0.15) is 0 Å². The van der Waals surface area contributed by atoms with Crippen LogP contribution >= 0.6 is 11.3 Å². The molecule has 3 rings (SSSR count). The van der Waals surface area contributed by atoms with Crippen molar-refractivity contribution in [2.24, 2.45) is 0 Å². The van der Waals surface area contributed by atoms with Crippen LogP contribution in [0.3, 0.4) is 0 Å². The zero-order valence-corrected chi connectivity index (χ0v) is 12.6. The lowest BCUT2D eigenvalue weighted by molar-refractivity contribution is 0.0686. The molecule has 0 saturated carbocycles. The smallest absolute Gasteiger partial charge is 0.346 e. The molecule has 1 fully saturated rings. The molecule has 1 aliphatic heterocycles. The van der Waals surface area contributed by atoms with Crippen molar-refractivity contribution < 1.29 is 14.6 Å². The van der Waals surface area contributed by atoms with Crippen molar-refractivity contribution in [3.63, 3.8) is 0 Å². The van der Waals surface area contributed by atoms with E-state index in [1.807, 2.05) is 24.3 Å². The number of carboxylic acid groups (broad SMARTS) is 1. The summed E-state index contributed by atoms with van der Waals surface area (Å²) in [6, 6.07) is 8.19. The summed E-state index contributed by atoms with van der Waals surface area (Å²) in [6.45, 7) is 2.06. The highest BCUT2D eigenvalue weighted by molar-refractivity contribution is 7.21. The molecule has 1 aromatic carbocycles. The number of fused-ring (bicyclic) bond motifs is 1. The zero-order valence-electron chi connectivity index (χ0n) is 11.8. The maximum Gasteiger partial charge on any atom is 0.346 e. The van der Waals surface area contributed by atoms with Gasteiger partial charge >= 0.3 is 5.97 Å². The third kappa shape index (κ3) is 3.26. The minimum absolute atomic E-state index is 0.365. The Morgan fingerprint density at radius 2 is 2.24 bits per heavy atom. The van der Waals surface area contributed by atoms with Crippen LogP contribution in [0.15, 0.2) is 24.3 Å². The number of benzene rings is 1. The van der Waals surface area contributed by atoms with E-state index in [1.165, 1.54) is 24.2 Å². The molecule has 0 aliphatic carbocycles. The second-order valence-corrected chi connectivity index (χ2v) is 6.43. The largest absolute Gasteiger partial charge is 0.477 e. The summed E-state index contributed by atoms with van der Waals surface area (Å²) in [6.07, 6.45) is 3.60. The van der Waals surface area contributed by atoms with Gasteiger partial charge in [0, 0.05) is 16.3 Å². The molecular formula is C16H19NO3S. The standard InChI is InChI=1S/C16H19NO3S/c18-16(19)15-13(12-6-1-2-7-14(12)21-15)10-20-9-11-5-3-4-8-17-11/h1-2,6-7,11,17H,3-5,8-10H2,(H,18,19). The lowest BCUT2D eigenvalue weighted by Crippen LogP contribution is -2.37. The SMILES string of the molecule is O=C(O)c1sc2ccccc2c1COCC1CCCCN1. The number of aromatic carboxylic acids is 1. The topological polar surface area (TPSA) is 58.6 Å². The van der Waals surface area contributed by atoms with Crippen LogP contribution in [0, 0.1) is 0 Å². The second-order valence-electron chi connectivity index (χ2n) is 5.37. The molecule has 1 aliphatic rings. The van der Waals surface area contributed by atoms with Gasteiger partial charge in [-0.3, -0.25) is 0 Å². The Morgan fingerprint density at radius 1 is 1.38 bits per heavy atom. The maximum absolute atomic E-state index is 11.4. The summed E-state index contributed by atoms with van der Waals surface area (Å²) in [5.41, 5.74) is 0.805. The molecule has 2 heterocycles. The second kappa shape index (κ2) is 6.56. The van der Waals surface area contributed by atoms with Crippen molar-refractivity contribution in [2.75, 3.05) is 13.2 Å². The van der Waals surface area contributed by atoms with Crippen molar-refractivity contribution in [1.82, 2.24) is 5.32 Å². The number of carboxylic acids is 1. The van der Waals surface area contributed by atoms with E-state index >= 15 is 0 Å². The van der Waals surface area contributed by atoms with Gasteiger partial charge in [-0.25, -0.2) is 4.79 Å². The average Bonchev–Trinajstić information content (AvgIpc) is 2.88. The minimum Gasteiger partial charge on any atom is -0.477 e. The fraction of sp³-hybridized carbons (Fsp3) is 0.438. The van der Waals surface area contributed by atoms with Crippen LogP contribution in [0.25, 0.3) is 10.1 Å². The molecule has 0 spiro atoms. The van der Waals surface area contributed by atoms with Gasteiger partial charge in [0.2, 0.25) is 0 Å². The predicted octanol–water partition coefficient (Wildman–Crippen LogP) is 3.26. The fourth-order valence-electron chi connectivity index (χ4n) is 2.78. The Hall–Kier alpha value is -1.43. The summed E-state index contributed by atoms with van der Waals surface area (Å²) >= 11 is 1.32. The highest BCUT2D eigenvalue weighted by atomic mass is 32.1. The highest BCUT2D eigenvalue weighted by Crippen LogP contribution is 2.31. The van der Waals surface area contributed by atoms with Crippen LogP contribution < -0.4 is 5.32 Å². The molecule has 112 valence electrons. The Morgan fingerprint density at radius 3 is 3.00 bits per heavy atom. The van der Waals surface area contributed by atoms with E-state index in [1.54, 1.807) is 0 Å². The van der Waals surface area contributed by atoms with Crippen LogP contribution in [0.1, 0.15) is 34.5 Å². The van der Waals surface area contributed by atoms with Gasteiger partial charge in [0.05, 0.1) is 13.2 Å². The van der Waals surface area contributed by atoms with Crippen LogP contribution in [0.4, 0.5) is 0 Å². The Labute approximate surface area is 127 Å². The molecule has 0 bridgehead atoms. The number of thiophene rings is 1. The average molecular weight is 305 g/mol. The molecule has 1 atom stereocenters. The van der Waals surface area contributed by atoms with Crippen molar-refractivity contribution in [1.29, 1.82) is 0 Å². The van der Waals surface area contributed by atoms with E-state index < -0.39 is 5.97 Å². The van der Waals surface area contributed by atoms with Gasteiger partial charge < -0.3 is 15.2 Å². The zero-order chi connectivity index (χ0) is 14.7. The molecule has 1 saturated heterocycles. The van der Waals surface area contributed by atoms with E-state index in [2.05, 4.69) is 5.32 Å². The first-order chi connectivity index (χ1) is 10.3. The lowest BCUT2D eigenvalue weighted by atomic mass is 10.1. The van der Waals surface area contributed by atoms with Gasteiger partial charge in [-0.05, 0) is 30.8 Å². The van der Waals surface area contributed by atoms with Crippen molar-refractivity contribution in [3.8, 4) is 0 Å². The molecule has 4 nitrogen and oxygen atoms in total. The molecule has 0 radical (unpaired) electrons. The first-order valence-corrected chi connectivity index (χ1v) is 8.12. The molecule has 2 aromatic rings. The molecular weight excluding hydrogens is 286 g/mol. The first kappa shape index (κ1) is 14.5. The monoisotopic (exact) mass is 305 g/mol.